The molecule has 5 heteroatoms. The Morgan fingerprint density at radius 1 is 0.862 bits per heavy atom. The van der Waals surface area contributed by atoms with Gasteiger partial charge in [-0.05, 0) is 43.2 Å². The van der Waals surface area contributed by atoms with E-state index in [4.69, 9.17) is 0 Å². The Kier molecular flexibility index (Phi) is 5.76. The zero-order valence-corrected chi connectivity index (χ0v) is 17.2. The quantitative estimate of drug-likeness (QED) is 0.672. The van der Waals surface area contributed by atoms with Crippen molar-refractivity contribution in [1.82, 2.24) is 19.6 Å². The average Bonchev–Trinajstić information content (AvgIpc) is 3.05. The first-order chi connectivity index (χ1) is 14.1. The first-order valence-corrected chi connectivity index (χ1v) is 10.2. The van der Waals surface area contributed by atoms with Crippen molar-refractivity contribution >= 4 is 5.91 Å². The number of carbonyl (C=O) groups is 1. The lowest BCUT2D eigenvalue weighted by Crippen LogP contribution is -2.48. The van der Waals surface area contributed by atoms with E-state index in [0.717, 1.165) is 55.2 Å². The second kappa shape index (κ2) is 8.62. The number of amides is 1. The predicted octanol–water partition coefficient (Wildman–Crippen LogP) is 3.51. The van der Waals surface area contributed by atoms with Gasteiger partial charge in [0.2, 0.25) is 0 Å². The van der Waals surface area contributed by atoms with Crippen LogP contribution in [0.1, 0.15) is 32.9 Å². The fraction of sp³-hybridized carbons (Fsp3) is 0.333. The number of piperazine rings is 1. The normalized spacial score (nSPS) is 14.9. The number of benzene rings is 2. The zero-order valence-electron chi connectivity index (χ0n) is 17.2. The molecule has 0 radical (unpaired) electrons. The van der Waals surface area contributed by atoms with Crippen LogP contribution in [0.4, 0.5) is 0 Å². The summed E-state index contributed by atoms with van der Waals surface area (Å²) in [5.74, 6) is 0.125. The van der Waals surface area contributed by atoms with Gasteiger partial charge in [-0.25, -0.2) is 0 Å². The van der Waals surface area contributed by atoms with Crippen LogP contribution < -0.4 is 0 Å². The molecule has 150 valence electrons. The highest BCUT2D eigenvalue weighted by molar-refractivity contribution is 5.94. The number of aryl methyl sites for hydroxylation is 2. The first-order valence-electron chi connectivity index (χ1n) is 10.2. The summed E-state index contributed by atoms with van der Waals surface area (Å²) >= 11 is 0. The van der Waals surface area contributed by atoms with Crippen molar-refractivity contribution in [3.63, 3.8) is 0 Å². The molecule has 2 heterocycles. The van der Waals surface area contributed by atoms with Gasteiger partial charge in [0.25, 0.3) is 5.91 Å². The summed E-state index contributed by atoms with van der Waals surface area (Å²) in [6, 6.07) is 20.6. The van der Waals surface area contributed by atoms with Gasteiger partial charge in [-0.15, -0.1) is 0 Å². The molecular weight excluding hydrogens is 360 g/mol. The topological polar surface area (TPSA) is 41.4 Å². The maximum Gasteiger partial charge on any atom is 0.253 e. The zero-order chi connectivity index (χ0) is 20.2. The van der Waals surface area contributed by atoms with E-state index in [-0.39, 0.29) is 5.91 Å². The maximum absolute atomic E-state index is 13.0. The molecular formula is C24H28N4O. The number of nitrogens with zero attached hydrogens (tertiary/aromatic N) is 4. The first kappa shape index (κ1) is 19.4. The highest BCUT2D eigenvalue weighted by Gasteiger charge is 2.22. The highest BCUT2D eigenvalue weighted by atomic mass is 16.2. The van der Waals surface area contributed by atoms with Gasteiger partial charge in [0.1, 0.15) is 0 Å². The Labute approximate surface area is 172 Å². The third-order valence-electron chi connectivity index (χ3n) is 5.52. The van der Waals surface area contributed by atoms with Crippen molar-refractivity contribution in [1.29, 1.82) is 0 Å². The van der Waals surface area contributed by atoms with Crippen LogP contribution in [0.5, 0.6) is 0 Å². The summed E-state index contributed by atoms with van der Waals surface area (Å²) in [5, 5.41) is 4.53. The average molecular weight is 389 g/mol. The number of aromatic nitrogens is 2. The van der Waals surface area contributed by atoms with Gasteiger partial charge in [-0.3, -0.25) is 14.4 Å². The van der Waals surface area contributed by atoms with E-state index in [1.165, 1.54) is 5.56 Å². The van der Waals surface area contributed by atoms with Crippen LogP contribution in [-0.2, 0) is 13.1 Å². The maximum atomic E-state index is 13.0. The van der Waals surface area contributed by atoms with Gasteiger partial charge < -0.3 is 4.90 Å². The van der Waals surface area contributed by atoms with Crippen LogP contribution in [0.25, 0.3) is 0 Å². The summed E-state index contributed by atoms with van der Waals surface area (Å²) in [5.41, 5.74) is 5.34. The van der Waals surface area contributed by atoms with Gasteiger partial charge in [-0.2, -0.15) is 5.10 Å². The minimum absolute atomic E-state index is 0.125. The van der Waals surface area contributed by atoms with Crippen LogP contribution in [0.15, 0.2) is 60.7 Å². The molecule has 1 fully saturated rings. The molecule has 3 aromatic rings. The molecule has 1 aromatic heterocycles. The number of hydrogen-bond donors (Lipinski definition) is 0. The third-order valence-corrected chi connectivity index (χ3v) is 5.52. The van der Waals surface area contributed by atoms with E-state index in [1.54, 1.807) is 0 Å². The largest absolute Gasteiger partial charge is 0.336 e. The second-order valence-electron chi connectivity index (χ2n) is 7.84. The molecule has 2 aromatic carbocycles. The van der Waals surface area contributed by atoms with Crippen LogP contribution in [-0.4, -0.2) is 51.7 Å². The van der Waals surface area contributed by atoms with E-state index in [0.29, 0.717) is 6.54 Å². The lowest BCUT2D eigenvalue weighted by atomic mass is 10.1. The Morgan fingerprint density at radius 2 is 1.59 bits per heavy atom. The molecule has 0 N–H and O–H groups in total. The Balaban J connectivity index is 1.37. The number of rotatable bonds is 5. The van der Waals surface area contributed by atoms with Crippen molar-refractivity contribution in [2.75, 3.05) is 26.2 Å². The molecule has 0 aliphatic carbocycles. The summed E-state index contributed by atoms with van der Waals surface area (Å²) in [7, 11) is 0. The highest BCUT2D eigenvalue weighted by Crippen LogP contribution is 2.14. The molecule has 4 rings (SSSR count). The lowest BCUT2D eigenvalue weighted by molar-refractivity contribution is 0.0628. The molecule has 5 nitrogen and oxygen atoms in total. The number of carbonyl (C=O) groups excluding carboxylic acids is 1. The van der Waals surface area contributed by atoms with Crippen LogP contribution in [0.2, 0.25) is 0 Å². The fourth-order valence-electron chi connectivity index (χ4n) is 3.94. The molecule has 0 unspecified atom stereocenters. The minimum Gasteiger partial charge on any atom is -0.336 e. The molecule has 1 aliphatic heterocycles. The molecule has 29 heavy (non-hydrogen) atoms. The summed E-state index contributed by atoms with van der Waals surface area (Å²) in [6.45, 7) is 9.05. The monoisotopic (exact) mass is 388 g/mol. The molecule has 1 saturated heterocycles. The lowest BCUT2D eigenvalue weighted by Gasteiger charge is -2.34. The Hall–Kier alpha value is -2.92. The molecule has 1 aliphatic rings. The Morgan fingerprint density at radius 3 is 2.28 bits per heavy atom. The molecule has 1 amide bonds. The molecule has 0 bridgehead atoms. The molecule has 0 spiro atoms. The minimum atomic E-state index is 0.125. The van der Waals surface area contributed by atoms with Crippen LogP contribution >= 0.6 is 0 Å². The number of hydrogen-bond acceptors (Lipinski definition) is 3. The van der Waals surface area contributed by atoms with Crippen LogP contribution in [0.3, 0.4) is 0 Å². The van der Waals surface area contributed by atoms with E-state index in [1.807, 2.05) is 40.8 Å². The van der Waals surface area contributed by atoms with Crippen LogP contribution in [0, 0.1) is 13.8 Å². The van der Waals surface area contributed by atoms with Crippen molar-refractivity contribution in [3.8, 4) is 0 Å². The summed E-state index contributed by atoms with van der Waals surface area (Å²) in [4.78, 5) is 17.4. The van der Waals surface area contributed by atoms with E-state index in [9.17, 15) is 4.79 Å². The van der Waals surface area contributed by atoms with Gasteiger partial charge in [0, 0.05) is 44.0 Å². The van der Waals surface area contributed by atoms with Crippen molar-refractivity contribution in [3.05, 3.63) is 88.7 Å². The molecule has 0 saturated carbocycles. The standard InChI is InChI=1S/C24H28N4O/c1-19-15-20(2)28(25-19)18-22-9-6-10-23(16-22)24(29)27-13-11-26(12-14-27)17-21-7-4-3-5-8-21/h3-10,15-16H,11-14,17-18H2,1-2H3. The second-order valence-corrected chi connectivity index (χ2v) is 7.84. The van der Waals surface area contributed by atoms with Gasteiger partial charge in [-0.1, -0.05) is 42.5 Å². The van der Waals surface area contributed by atoms with E-state index < -0.39 is 0 Å². The Bertz CT molecular complexity index is 972. The van der Waals surface area contributed by atoms with Gasteiger partial charge in [0.15, 0.2) is 0 Å². The summed E-state index contributed by atoms with van der Waals surface area (Å²) in [6.07, 6.45) is 0. The predicted molar refractivity (Wildman–Crippen MR) is 115 cm³/mol. The smallest absolute Gasteiger partial charge is 0.253 e. The molecule has 0 atom stereocenters. The van der Waals surface area contributed by atoms with Crippen molar-refractivity contribution in [2.24, 2.45) is 0 Å². The third kappa shape index (κ3) is 4.74. The van der Waals surface area contributed by atoms with E-state index >= 15 is 0 Å². The van der Waals surface area contributed by atoms with Gasteiger partial charge in [0.05, 0.1) is 12.2 Å². The van der Waals surface area contributed by atoms with Crippen molar-refractivity contribution in [2.45, 2.75) is 26.9 Å². The van der Waals surface area contributed by atoms with Gasteiger partial charge >= 0.3 is 0 Å². The van der Waals surface area contributed by atoms with E-state index in [2.05, 4.69) is 53.3 Å². The SMILES string of the molecule is Cc1cc(C)n(Cc2cccc(C(=O)N3CCN(Cc4ccccc4)CC3)c2)n1. The summed E-state index contributed by atoms with van der Waals surface area (Å²) < 4.78 is 1.99. The van der Waals surface area contributed by atoms with Crippen molar-refractivity contribution < 1.29 is 4.79 Å². The fourth-order valence-corrected chi connectivity index (χ4v) is 3.94.